The van der Waals surface area contributed by atoms with E-state index in [0.29, 0.717) is 61.4 Å². The Kier molecular flexibility index (Phi) is 3.76. The van der Waals surface area contributed by atoms with Crippen molar-refractivity contribution < 1.29 is 39.6 Å². The van der Waals surface area contributed by atoms with E-state index in [1.54, 1.807) is 0 Å². The highest BCUT2D eigenvalue weighted by Crippen LogP contribution is 2.66. The van der Waals surface area contributed by atoms with E-state index in [0.717, 1.165) is 0 Å². The van der Waals surface area contributed by atoms with Gasteiger partial charge < -0.3 is 20.4 Å². The maximum atomic E-state index is 12.4. The van der Waals surface area contributed by atoms with Crippen LogP contribution in [-0.4, -0.2) is 53.8 Å². The smallest absolute Gasteiger partial charge is 0.333 e. The zero-order valence-electron chi connectivity index (χ0n) is 14.2. The lowest BCUT2D eigenvalue weighted by Gasteiger charge is -2.42. The van der Waals surface area contributed by atoms with Crippen LogP contribution in [0.2, 0.25) is 0 Å². The van der Waals surface area contributed by atoms with Crippen LogP contribution in [0.15, 0.2) is 22.3 Å². The van der Waals surface area contributed by atoms with Crippen LogP contribution in [0.4, 0.5) is 0 Å². The van der Waals surface area contributed by atoms with Gasteiger partial charge in [-0.2, -0.15) is 0 Å². The van der Waals surface area contributed by atoms with E-state index >= 15 is 0 Å². The van der Waals surface area contributed by atoms with Crippen molar-refractivity contribution in [3.63, 3.8) is 0 Å². The molecule has 9 heteroatoms. The number of hydrogen-bond acceptors (Lipinski definition) is 5. The summed E-state index contributed by atoms with van der Waals surface area (Å²) in [6, 6.07) is 0. The van der Waals surface area contributed by atoms with E-state index in [-0.39, 0.29) is 11.1 Å². The van der Waals surface area contributed by atoms with Crippen LogP contribution in [-0.2, 0) is 19.2 Å². The van der Waals surface area contributed by atoms with Crippen LogP contribution in [0.25, 0.3) is 0 Å². The normalized spacial score (nSPS) is 36.6. The Bertz CT molecular complexity index is 801. The van der Waals surface area contributed by atoms with Gasteiger partial charge >= 0.3 is 23.9 Å². The van der Waals surface area contributed by atoms with Crippen molar-refractivity contribution in [3.05, 3.63) is 22.3 Å². The first-order chi connectivity index (χ1) is 12.7. The van der Waals surface area contributed by atoms with Gasteiger partial charge in [0.05, 0.1) is 11.1 Å². The van der Waals surface area contributed by atoms with Crippen LogP contribution >= 0.6 is 11.8 Å². The lowest BCUT2D eigenvalue weighted by Crippen LogP contribution is -2.54. The van der Waals surface area contributed by atoms with Gasteiger partial charge in [0.15, 0.2) is 0 Å². The highest BCUT2D eigenvalue weighted by Gasteiger charge is 2.69. The van der Waals surface area contributed by atoms with Crippen LogP contribution in [0, 0.1) is 11.8 Å². The van der Waals surface area contributed by atoms with Gasteiger partial charge in [-0.3, -0.25) is 9.59 Å². The number of carbonyl (C=O) groups is 4. The minimum absolute atomic E-state index is 0.255. The number of allylic oxidation sites excluding steroid dienone is 2. The van der Waals surface area contributed by atoms with E-state index in [1.807, 2.05) is 0 Å². The minimum Gasteiger partial charge on any atom is -0.480 e. The first kappa shape index (κ1) is 18.1. The fourth-order valence-electron chi connectivity index (χ4n) is 5.57. The summed E-state index contributed by atoms with van der Waals surface area (Å²) >= 11 is 0.549. The van der Waals surface area contributed by atoms with Crippen LogP contribution < -0.4 is 0 Å². The first-order valence-corrected chi connectivity index (χ1v) is 9.56. The molecule has 144 valence electrons. The van der Waals surface area contributed by atoms with Crippen molar-refractivity contribution in [1.29, 1.82) is 0 Å². The van der Waals surface area contributed by atoms with Gasteiger partial charge in [-0.25, -0.2) is 9.59 Å². The van der Waals surface area contributed by atoms with Gasteiger partial charge in [0.2, 0.25) is 0 Å². The molecule has 2 saturated carbocycles. The van der Waals surface area contributed by atoms with Crippen LogP contribution in [0.1, 0.15) is 38.5 Å². The second kappa shape index (κ2) is 5.60. The van der Waals surface area contributed by atoms with E-state index in [4.69, 9.17) is 0 Å². The minimum atomic E-state index is -1.94. The maximum absolute atomic E-state index is 12.4. The Morgan fingerprint density at radius 3 is 1.41 bits per heavy atom. The quantitative estimate of drug-likeness (QED) is 0.528. The summed E-state index contributed by atoms with van der Waals surface area (Å²) in [7, 11) is 0. The summed E-state index contributed by atoms with van der Waals surface area (Å²) in [5, 5.41) is 39.6. The number of fused-ring (bicyclic) bond motifs is 4. The summed E-state index contributed by atoms with van der Waals surface area (Å²) in [5.74, 6) is -6.62. The number of carboxylic acids is 4. The molecule has 4 atom stereocenters. The number of carboxylic acid groups (broad SMARTS) is 4. The van der Waals surface area contributed by atoms with E-state index < -0.39 is 45.2 Å². The van der Waals surface area contributed by atoms with Gasteiger partial charge in [-0.1, -0.05) is 11.1 Å². The molecule has 2 fully saturated rings. The zero-order valence-corrected chi connectivity index (χ0v) is 15.0. The maximum Gasteiger partial charge on any atom is 0.333 e. The van der Waals surface area contributed by atoms with Crippen molar-refractivity contribution in [2.75, 3.05) is 0 Å². The molecule has 4 unspecified atom stereocenters. The summed E-state index contributed by atoms with van der Waals surface area (Å²) < 4.78 is -3.88. The molecule has 4 N–H and O–H groups in total. The first-order valence-electron chi connectivity index (χ1n) is 8.74. The molecule has 0 spiro atoms. The summed E-state index contributed by atoms with van der Waals surface area (Å²) in [5.41, 5.74) is 0.565. The topological polar surface area (TPSA) is 149 Å². The molecular formula is C18H18O8S. The average molecular weight is 394 g/mol. The number of thioether (sulfide) groups is 1. The van der Waals surface area contributed by atoms with E-state index in [9.17, 15) is 39.6 Å². The van der Waals surface area contributed by atoms with E-state index in [1.165, 1.54) is 0 Å². The second-order valence-corrected chi connectivity index (χ2v) is 9.12. The SMILES string of the molecule is O=C(O)C1=C2CCC(C2)C1(SC1(C(=O)O)C(C(=O)O)=C2CCC1C2)C(=O)O. The molecule has 4 aliphatic rings. The fraction of sp³-hybridized carbons (Fsp3) is 0.556. The van der Waals surface area contributed by atoms with Gasteiger partial charge in [-0.15, -0.1) is 11.8 Å². The molecule has 0 amide bonds. The Labute approximate surface area is 157 Å². The van der Waals surface area contributed by atoms with Crippen molar-refractivity contribution in [2.24, 2.45) is 11.8 Å². The van der Waals surface area contributed by atoms with Gasteiger partial charge in [0, 0.05) is 0 Å². The molecule has 0 radical (unpaired) electrons. The molecule has 0 saturated heterocycles. The van der Waals surface area contributed by atoms with Gasteiger partial charge in [0.1, 0.15) is 9.49 Å². The summed E-state index contributed by atoms with van der Waals surface area (Å²) in [6.45, 7) is 0. The third-order valence-electron chi connectivity index (χ3n) is 6.56. The molecule has 8 nitrogen and oxygen atoms in total. The highest BCUT2D eigenvalue weighted by molar-refractivity contribution is 8.04. The number of aliphatic carboxylic acids is 4. The van der Waals surface area contributed by atoms with Crippen molar-refractivity contribution in [1.82, 2.24) is 0 Å². The van der Waals surface area contributed by atoms with Crippen molar-refractivity contribution in [3.8, 4) is 0 Å². The molecular weight excluding hydrogens is 376 g/mol. The zero-order chi connectivity index (χ0) is 19.7. The molecule has 4 bridgehead atoms. The number of rotatable bonds is 6. The summed E-state index contributed by atoms with van der Waals surface area (Å²) in [6.07, 6.45) is 2.51. The van der Waals surface area contributed by atoms with Crippen molar-refractivity contribution >= 4 is 35.6 Å². The largest absolute Gasteiger partial charge is 0.480 e. The third-order valence-corrected chi connectivity index (χ3v) is 8.63. The number of hydrogen-bond donors (Lipinski definition) is 4. The molecule has 27 heavy (non-hydrogen) atoms. The molecule has 0 aliphatic heterocycles. The predicted octanol–water partition coefficient (Wildman–Crippen LogP) is 1.76. The molecule has 0 aromatic rings. The van der Waals surface area contributed by atoms with Crippen molar-refractivity contribution in [2.45, 2.75) is 48.0 Å². The standard InChI is InChI=1S/C18H18O8S/c19-13(20)11-7-1-3-9(5-7)17(11,15(23)24)27-18(16(25)26)10-4-2-8(6-10)12(18)14(21)22/h9-10H,1-6H2,(H,19,20)(H,21,22)(H,23,24)(H,25,26). The van der Waals surface area contributed by atoms with Crippen LogP contribution in [0.3, 0.4) is 0 Å². The Morgan fingerprint density at radius 1 is 0.741 bits per heavy atom. The highest BCUT2D eigenvalue weighted by atomic mass is 32.2. The second-order valence-electron chi connectivity index (χ2n) is 7.63. The Balaban J connectivity index is 1.92. The fourth-order valence-corrected chi connectivity index (χ4v) is 7.66. The lowest BCUT2D eigenvalue weighted by molar-refractivity contribution is -0.144. The lowest BCUT2D eigenvalue weighted by atomic mass is 9.84. The van der Waals surface area contributed by atoms with E-state index in [2.05, 4.69) is 0 Å². The Morgan fingerprint density at radius 2 is 1.11 bits per heavy atom. The average Bonchev–Trinajstić information content (AvgIpc) is 3.32. The molecule has 4 aliphatic carbocycles. The summed E-state index contributed by atoms with van der Waals surface area (Å²) in [4.78, 5) is 48.6. The molecule has 4 rings (SSSR count). The molecule has 0 aromatic carbocycles. The van der Waals surface area contributed by atoms with Crippen LogP contribution in [0.5, 0.6) is 0 Å². The van der Waals surface area contributed by atoms with Gasteiger partial charge in [0.25, 0.3) is 0 Å². The molecule has 0 aromatic heterocycles. The monoisotopic (exact) mass is 394 g/mol. The van der Waals surface area contributed by atoms with Gasteiger partial charge in [-0.05, 0) is 50.4 Å². The Hall–Kier alpha value is -2.29. The molecule has 0 heterocycles. The third kappa shape index (κ3) is 2.06. The predicted molar refractivity (Wildman–Crippen MR) is 92.3 cm³/mol.